The van der Waals surface area contributed by atoms with Gasteiger partial charge in [-0.15, -0.1) is 0 Å². The number of halogens is 4. The molecule has 1 aliphatic heterocycles. The topological polar surface area (TPSA) is 12.5 Å². The molecule has 1 heterocycles. The summed E-state index contributed by atoms with van der Waals surface area (Å²) in [5.74, 6) is -3.97. The van der Waals surface area contributed by atoms with Crippen LogP contribution >= 0.6 is 0 Å². The average Bonchev–Trinajstić information content (AvgIpc) is 2.39. The van der Waals surface area contributed by atoms with Crippen molar-refractivity contribution in [3.63, 3.8) is 0 Å². The predicted molar refractivity (Wildman–Crippen MR) is 62.5 cm³/mol. The van der Waals surface area contributed by atoms with Crippen LogP contribution in [-0.4, -0.2) is 43.5 Å². The Bertz CT molecular complexity index is 399. The van der Waals surface area contributed by atoms with Crippen molar-refractivity contribution >= 4 is 0 Å². The summed E-state index contributed by atoms with van der Waals surface area (Å²) in [6.45, 7) is -0.228. The number of benzene rings is 1. The number of alkyl halides is 4. The lowest BCUT2D eigenvalue weighted by Crippen LogP contribution is -2.47. The summed E-state index contributed by atoms with van der Waals surface area (Å²) in [4.78, 5) is 1.33. The molecule has 0 radical (unpaired) electrons. The van der Waals surface area contributed by atoms with Crippen molar-refractivity contribution in [3.8, 4) is 0 Å². The van der Waals surface area contributed by atoms with E-state index in [1.807, 2.05) is 30.3 Å². The van der Waals surface area contributed by atoms with Gasteiger partial charge in [0.1, 0.15) is 0 Å². The Morgan fingerprint density at radius 3 is 2.58 bits per heavy atom. The lowest BCUT2D eigenvalue weighted by molar-refractivity contribution is -0.154. The second-order valence-corrected chi connectivity index (χ2v) is 4.57. The Labute approximate surface area is 109 Å². The van der Waals surface area contributed by atoms with Crippen LogP contribution in [0.5, 0.6) is 0 Å². The molecule has 1 aromatic rings. The van der Waals surface area contributed by atoms with Crippen molar-refractivity contribution in [1.82, 2.24) is 4.90 Å². The molecule has 1 aromatic carbocycles. The molecule has 1 aliphatic rings. The monoisotopic (exact) mass is 277 g/mol. The van der Waals surface area contributed by atoms with Gasteiger partial charge in [0.2, 0.25) is 0 Å². The van der Waals surface area contributed by atoms with E-state index < -0.39 is 18.9 Å². The van der Waals surface area contributed by atoms with Gasteiger partial charge >= 0.3 is 12.3 Å². The fourth-order valence-corrected chi connectivity index (χ4v) is 2.08. The van der Waals surface area contributed by atoms with Gasteiger partial charge in [-0.3, -0.25) is 4.90 Å². The van der Waals surface area contributed by atoms with Crippen molar-refractivity contribution in [3.05, 3.63) is 35.9 Å². The lowest BCUT2D eigenvalue weighted by Gasteiger charge is -2.34. The molecule has 19 heavy (non-hydrogen) atoms. The van der Waals surface area contributed by atoms with Crippen LogP contribution in [0.3, 0.4) is 0 Å². The second-order valence-electron chi connectivity index (χ2n) is 4.57. The minimum Gasteiger partial charge on any atom is -0.371 e. The Morgan fingerprint density at radius 1 is 1.26 bits per heavy atom. The smallest absolute Gasteiger partial charge is 0.319 e. The van der Waals surface area contributed by atoms with E-state index in [2.05, 4.69) is 0 Å². The first-order valence-corrected chi connectivity index (χ1v) is 6.04. The van der Waals surface area contributed by atoms with Crippen LogP contribution in [0.2, 0.25) is 0 Å². The molecule has 0 amide bonds. The number of rotatable bonds is 4. The molecule has 0 bridgehead atoms. The highest BCUT2D eigenvalue weighted by Gasteiger charge is 2.43. The van der Waals surface area contributed by atoms with Crippen molar-refractivity contribution in [2.24, 2.45) is 0 Å². The first-order valence-electron chi connectivity index (χ1n) is 6.04. The highest BCUT2D eigenvalue weighted by atomic mass is 19.3. The van der Waals surface area contributed by atoms with Gasteiger partial charge in [0.05, 0.1) is 19.3 Å². The fraction of sp³-hybridized carbons (Fsp3) is 0.538. The molecule has 1 unspecified atom stereocenters. The third-order valence-electron chi connectivity index (χ3n) is 3.08. The summed E-state index contributed by atoms with van der Waals surface area (Å²) < 4.78 is 55.9. The number of morpholine rings is 1. The minimum absolute atomic E-state index is 0.201. The van der Waals surface area contributed by atoms with E-state index in [1.165, 1.54) is 4.90 Å². The van der Waals surface area contributed by atoms with E-state index in [-0.39, 0.29) is 25.8 Å². The third kappa shape index (κ3) is 3.67. The molecule has 1 fully saturated rings. The number of hydrogen-bond donors (Lipinski definition) is 0. The van der Waals surface area contributed by atoms with Gasteiger partial charge in [-0.25, -0.2) is 8.78 Å². The van der Waals surface area contributed by atoms with E-state index >= 15 is 0 Å². The van der Waals surface area contributed by atoms with Crippen LogP contribution in [0, 0.1) is 0 Å². The number of nitrogens with zero attached hydrogens (tertiary/aromatic N) is 1. The molecular weight excluding hydrogens is 262 g/mol. The van der Waals surface area contributed by atoms with Gasteiger partial charge in [0, 0.05) is 13.1 Å². The summed E-state index contributed by atoms with van der Waals surface area (Å²) in [7, 11) is 0. The molecule has 106 valence electrons. The molecule has 1 saturated heterocycles. The second kappa shape index (κ2) is 5.88. The summed E-state index contributed by atoms with van der Waals surface area (Å²) in [6, 6.07) is 9.16. The van der Waals surface area contributed by atoms with E-state index in [9.17, 15) is 17.6 Å². The zero-order valence-electron chi connectivity index (χ0n) is 10.2. The molecule has 0 aromatic heterocycles. The van der Waals surface area contributed by atoms with Gasteiger partial charge in [-0.2, -0.15) is 8.78 Å². The van der Waals surface area contributed by atoms with Crippen molar-refractivity contribution in [2.45, 2.75) is 18.5 Å². The first-order chi connectivity index (χ1) is 8.99. The molecule has 0 spiro atoms. The van der Waals surface area contributed by atoms with E-state index in [0.29, 0.717) is 0 Å². The maximum Gasteiger partial charge on any atom is 0.319 e. The Kier molecular flexibility index (Phi) is 4.42. The number of ether oxygens (including phenoxy) is 1. The molecule has 2 rings (SSSR count). The van der Waals surface area contributed by atoms with Crippen molar-refractivity contribution in [2.75, 3.05) is 26.2 Å². The Hall–Kier alpha value is -1.14. The van der Waals surface area contributed by atoms with Gasteiger partial charge in [0.25, 0.3) is 0 Å². The molecular formula is C13H15F4NO. The Balaban J connectivity index is 1.98. The quantitative estimate of drug-likeness (QED) is 0.785. The van der Waals surface area contributed by atoms with E-state index in [0.717, 1.165) is 5.56 Å². The van der Waals surface area contributed by atoms with Crippen LogP contribution in [0.1, 0.15) is 11.7 Å². The van der Waals surface area contributed by atoms with Crippen LogP contribution in [-0.2, 0) is 4.74 Å². The largest absolute Gasteiger partial charge is 0.371 e. The average molecular weight is 277 g/mol. The van der Waals surface area contributed by atoms with Crippen LogP contribution in [0.25, 0.3) is 0 Å². The maximum atomic E-state index is 13.0. The molecule has 0 aliphatic carbocycles. The van der Waals surface area contributed by atoms with Gasteiger partial charge in [-0.1, -0.05) is 30.3 Å². The van der Waals surface area contributed by atoms with Crippen LogP contribution < -0.4 is 0 Å². The fourth-order valence-electron chi connectivity index (χ4n) is 2.08. The molecule has 0 saturated carbocycles. The molecule has 0 N–H and O–H groups in total. The first kappa shape index (κ1) is 14.3. The summed E-state index contributed by atoms with van der Waals surface area (Å²) in [5, 5.41) is 0. The highest BCUT2D eigenvalue weighted by molar-refractivity contribution is 5.18. The predicted octanol–water partition coefficient (Wildman–Crippen LogP) is 2.96. The lowest BCUT2D eigenvalue weighted by atomic mass is 10.1. The third-order valence-corrected chi connectivity index (χ3v) is 3.08. The zero-order valence-corrected chi connectivity index (χ0v) is 10.2. The van der Waals surface area contributed by atoms with Gasteiger partial charge in [0.15, 0.2) is 0 Å². The summed E-state index contributed by atoms with van der Waals surface area (Å²) >= 11 is 0. The van der Waals surface area contributed by atoms with Crippen molar-refractivity contribution in [1.29, 1.82) is 0 Å². The minimum atomic E-state index is -3.97. The molecule has 6 heteroatoms. The van der Waals surface area contributed by atoms with Crippen LogP contribution in [0.4, 0.5) is 17.6 Å². The standard InChI is InChI=1S/C13H15F4NO/c14-12(15)13(16,17)9-18-6-7-19-11(8-18)10-4-2-1-3-5-10/h1-5,11-12H,6-9H2. The summed E-state index contributed by atoms with van der Waals surface area (Å²) in [5.41, 5.74) is 0.868. The SMILES string of the molecule is FC(F)C(F)(F)CN1CCOC(c2ccccc2)C1. The van der Waals surface area contributed by atoms with E-state index in [1.54, 1.807) is 0 Å². The van der Waals surface area contributed by atoms with Crippen molar-refractivity contribution < 1.29 is 22.3 Å². The maximum absolute atomic E-state index is 13.0. The van der Waals surface area contributed by atoms with Gasteiger partial charge < -0.3 is 4.74 Å². The highest BCUT2D eigenvalue weighted by Crippen LogP contribution is 2.27. The molecule has 2 nitrogen and oxygen atoms in total. The van der Waals surface area contributed by atoms with Crippen LogP contribution in [0.15, 0.2) is 30.3 Å². The number of hydrogen-bond acceptors (Lipinski definition) is 2. The van der Waals surface area contributed by atoms with Gasteiger partial charge in [-0.05, 0) is 5.56 Å². The van der Waals surface area contributed by atoms with E-state index in [4.69, 9.17) is 4.74 Å². The molecule has 1 atom stereocenters. The zero-order chi connectivity index (χ0) is 13.9. The Morgan fingerprint density at radius 2 is 1.95 bits per heavy atom. The summed E-state index contributed by atoms with van der Waals surface area (Å²) in [6.07, 6.45) is -3.98. The normalized spacial score (nSPS) is 21.8.